The van der Waals surface area contributed by atoms with E-state index in [0.29, 0.717) is 11.8 Å². The number of carbonyl (C=O) groups is 1. The SMILES string of the molecule is CC(=O)N[C@]1(C)C[C@H](c2cc3c(cc2C)n(C)c(=O)n3C)O[C@@H]2C[C@H](C)CC[C@H]21. The maximum Gasteiger partial charge on any atom is 0.328 e. The van der Waals surface area contributed by atoms with Crippen molar-refractivity contribution >= 4 is 16.9 Å². The number of imidazole rings is 1. The summed E-state index contributed by atoms with van der Waals surface area (Å²) >= 11 is 0. The van der Waals surface area contributed by atoms with Crippen LogP contribution >= 0.6 is 0 Å². The minimum atomic E-state index is -0.288. The van der Waals surface area contributed by atoms with Gasteiger partial charge in [0.25, 0.3) is 0 Å². The molecule has 1 aromatic heterocycles. The van der Waals surface area contributed by atoms with Crippen LogP contribution in [-0.2, 0) is 23.6 Å². The number of fused-ring (bicyclic) bond motifs is 2. The van der Waals surface area contributed by atoms with Gasteiger partial charge in [0.1, 0.15) is 0 Å². The lowest BCUT2D eigenvalue weighted by molar-refractivity contribution is -0.153. The molecule has 0 bridgehead atoms. The van der Waals surface area contributed by atoms with Gasteiger partial charge in [0.2, 0.25) is 5.91 Å². The molecule has 0 radical (unpaired) electrons. The molecule has 1 amide bonds. The maximum absolute atomic E-state index is 12.4. The summed E-state index contributed by atoms with van der Waals surface area (Å²) in [7, 11) is 3.62. The van der Waals surface area contributed by atoms with Crippen LogP contribution in [0.15, 0.2) is 16.9 Å². The minimum Gasteiger partial charge on any atom is -0.370 e. The van der Waals surface area contributed by atoms with Crippen LogP contribution in [0.3, 0.4) is 0 Å². The number of carbonyl (C=O) groups excluding carboxylic acids is 1. The van der Waals surface area contributed by atoms with Crippen molar-refractivity contribution in [3.8, 4) is 0 Å². The average Bonchev–Trinajstić information content (AvgIpc) is 2.83. The summed E-state index contributed by atoms with van der Waals surface area (Å²) in [5, 5.41) is 3.27. The zero-order valence-corrected chi connectivity index (χ0v) is 18.4. The molecule has 2 heterocycles. The lowest BCUT2D eigenvalue weighted by atomic mass is 9.66. The van der Waals surface area contributed by atoms with Crippen molar-refractivity contribution in [1.82, 2.24) is 14.5 Å². The number of hydrogen-bond acceptors (Lipinski definition) is 3. The molecule has 4 rings (SSSR count). The lowest BCUT2D eigenvalue weighted by Crippen LogP contribution is -2.60. The predicted molar refractivity (Wildman–Crippen MR) is 114 cm³/mol. The molecule has 0 unspecified atom stereocenters. The third kappa shape index (κ3) is 3.31. The number of ether oxygens (including phenoxy) is 1. The second kappa shape index (κ2) is 7.01. The highest BCUT2D eigenvalue weighted by atomic mass is 16.5. The Morgan fingerprint density at radius 3 is 2.52 bits per heavy atom. The number of nitrogens with zero attached hydrogens (tertiary/aromatic N) is 2. The molecule has 6 nitrogen and oxygen atoms in total. The van der Waals surface area contributed by atoms with Crippen LogP contribution in [0.4, 0.5) is 0 Å². The Bertz CT molecular complexity index is 1020. The lowest BCUT2D eigenvalue weighted by Gasteiger charge is -2.52. The number of nitrogens with one attached hydrogen (secondary N) is 1. The van der Waals surface area contributed by atoms with Crippen LogP contribution in [0.25, 0.3) is 11.0 Å². The molecule has 5 atom stereocenters. The summed E-state index contributed by atoms with van der Waals surface area (Å²) in [6.45, 7) is 8.16. The second-order valence-electron chi connectivity index (χ2n) is 9.59. The third-order valence-corrected chi connectivity index (χ3v) is 7.29. The van der Waals surface area contributed by atoms with E-state index in [1.54, 1.807) is 16.1 Å². The summed E-state index contributed by atoms with van der Waals surface area (Å²) in [4.78, 5) is 24.4. The van der Waals surface area contributed by atoms with Crippen LogP contribution in [0.1, 0.15) is 63.7 Å². The first-order chi connectivity index (χ1) is 13.6. The second-order valence-corrected chi connectivity index (χ2v) is 9.59. The van der Waals surface area contributed by atoms with Crippen molar-refractivity contribution in [2.24, 2.45) is 25.9 Å². The Hall–Kier alpha value is -2.08. The zero-order chi connectivity index (χ0) is 21.1. The van der Waals surface area contributed by atoms with E-state index in [1.807, 2.05) is 14.1 Å². The zero-order valence-electron chi connectivity index (χ0n) is 18.4. The number of amides is 1. The molecule has 2 fully saturated rings. The van der Waals surface area contributed by atoms with Crippen molar-refractivity contribution in [3.05, 3.63) is 33.7 Å². The smallest absolute Gasteiger partial charge is 0.328 e. The van der Waals surface area contributed by atoms with Crippen LogP contribution < -0.4 is 11.0 Å². The number of hydrogen-bond donors (Lipinski definition) is 1. The summed E-state index contributed by atoms with van der Waals surface area (Å²) < 4.78 is 10.1. The topological polar surface area (TPSA) is 65.3 Å². The van der Waals surface area contributed by atoms with Crippen LogP contribution in [0.2, 0.25) is 0 Å². The molecule has 29 heavy (non-hydrogen) atoms. The standard InChI is InChI=1S/C23H33N3O3/c1-13-7-8-17-20(9-13)29-21(12-23(17,4)24-15(3)27)16-11-19-18(10-14(16)2)25(5)22(28)26(19)6/h10-11,13,17,20-21H,7-9,12H2,1-6H3,(H,24,27)/t13-,17-,20-,21-,23-/m1/s1. The fraction of sp³-hybridized carbons (Fsp3) is 0.652. The molecule has 0 spiro atoms. The largest absolute Gasteiger partial charge is 0.370 e. The van der Waals surface area contributed by atoms with Crippen molar-refractivity contribution in [1.29, 1.82) is 0 Å². The molecule has 2 aliphatic rings. The molecule has 2 aromatic rings. The van der Waals surface area contributed by atoms with E-state index in [-0.39, 0.29) is 29.3 Å². The normalized spacial score (nSPS) is 32.2. The Labute approximate surface area is 172 Å². The molecule has 1 N–H and O–H groups in total. The van der Waals surface area contributed by atoms with Crippen molar-refractivity contribution in [2.45, 2.75) is 71.1 Å². The number of aromatic nitrogens is 2. The van der Waals surface area contributed by atoms with Gasteiger partial charge in [-0.3, -0.25) is 13.9 Å². The van der Waals surface area contributed by atoms with Crippen molar-refractivity contribution in [2.75, 3.05) is 0 Å². The summed E-state index contributed by atoms with van der Waals surface area (Å²) in [6, 6.07) is 4.19. The highest BCUT2D eigenvalue weighted by molar-refractivity contribution is 5.78. The predicted octanol–water partition coefficient (Wildman–Crippen LogP) is 3.35. The van der Waals surface area contributed by atoms with E-state index in [1.165, 1.54) is 6.42 Å². The molecular weight excluding hydrogens is 366 g/mol. The van der Waals surface area contributed by atoms with Crippen molar-refractivity contribution < 1.29 is 9.53 Å². The van der Waals surface area contributed by atoms with Gasteiger partial charge in [0, 0.05) is 38.9 Å². The molecule has 1 saturated heterocycles. The molecule has 1 saturated carbocycles. The monoisotopic (exact) mass is 399 g/mol. The molecule has 6 heteroatoms. The highest BCUT2D eigenvalue weighted by Crippen LogP contribution is 2.48. The van der Waals surface area contributed by atoms with Gasteiger partial charge in [-0.25, -0.2) is 4.79 Å². The number of benzene rings is 1. The van der Waals surface area contributed by atoms with Gasteiger partial charge in [-0.05, 0) is 55.9 Å². The van der Waals surface area contributed by atoms with Crippen molar-refractivity contribution in [3.63, 3.8) is 0 Å². The highest BCUT2D eigenvalue weighted by Gasteiger charge is 2.49. The van der Waals surface area contributed by atoms with E-state index in [9.17, 15) is 9.59 Å². The molecular formula is C23H33N3O3. The summed E-state index contributed by atoms with van der Waals surface area (Å²) in [6.07, 6.45) is 4.08. The van der Waals surface area contributed by atoms with E-state index in [4.69, 9.17) is 4.74 Å². The maximum atomic E-state index is 12.4. The van der Waals surface area contributed by atoms with E-state index < -0.39 is 0 Å². The minimum absolute atomic E-state index is 0.0168. The van der Waals surface area contributed by atoms with Gasteiger partial charge < -0.3 is 10.1 Å². The first-order valence-electron chi connectivity index (χ1n) is 10.7. The summed E-state index contributed by atoms with van der Waals surface area (Å²) in [5.74, 6) is 0.988. The van der Waals surface area contributed by atoms with Gasteiger partial charge in [-0.2, -0.15) is 0 Å². The molecule has 1 aromatic carbocycles. The van der Waals surface area contributed by atoms with Crippen LogP contribution in [-0.4, -0.2) is 26.7 Å². The van der Waals surface area contributed by atoms with E-state index in [0.717, 1.165) is 41.4 Å². The molecule has 158 valence electrons. The molecule has 1 aliphatic heterocycles. The fourth-order valence-electron chi connectivity index (χ4n) is 5.75. The van der Waals surface area contributed by atoms with Gasteiger partial charge in [0.15, 0.2) is 0 Å². The summed E-state index contributed by atoms with van der Waals surface area (Å²) in [5.41, 5.74) is 3.78. The van der Waals surface area contributed by atoms with Gasteiger partial charge in [-0.15, -0.1) is 0 Å². The van der Waals surface area contributed by atoms with Gasteiger partial charge >= 0.3 is 5.69 Å². The Balaban J connectivity index is 1.78. The number of aryl methyl sites for hydroxylation is 3. The van der Waals surface area contributed by atoms with Crippen LogP contribution in [0, 0.1) is 18.8 Å². The Morgan fingerprint density at radius 2 is 1.86 bits per heavy atom. The Morgan fingerprint density at radius 1 is 1.21 bits per heavy atom. The van der Waals surface area contributed by atoms with E-state index in [2.05, 4.69) is 38.2 Å². The van der Waals surface area contributed by atoms with Gasteiger partial charge in [0.05, 0.1) is 23.2 Å². The first-order valence-corrected chi connectivity index (χ1v) is 10.7. The molecule has 1 aliphatic carbocycles. The quantitative estimate of drug-likeness (QED) is 0.842. The van der Waals surface area contributed by atoms with Gasteiger partial charge in [-0.1, -0.05) is 13.3 Å². The number of rotatable bonds is 2. The average molecular weight is 400 g/mol. The fourth-order valence-corrected chi connectivity index (χ4v) is 5.75. The third-order valence-electron chi connectivity index (χ3n) is 7.29. The van der Waals surface area contributed by atoms with Crippen LogP contribution in [0.5, 0.6) is 0 Å². The Kier molecular flexibility index (Phi) is 4.88. The first kappa shape index (κ1) is 20.2. The van der Waals surface area contributed by atoms with E-state index >= 15 is 0 Å².